The molecule has 1 aromatic carbocycles. The summed E-state index contributed by atoms with van der Waals surface area (Å²) in [7, 11) is -4.66. The number of ether oxygens (including phenoxy) is 4. The third kappa shape index (κ3) is 3.34. The van der Waals surface area contributed by atoms with Crippen molar-refractivity contribution in [2.45, 2.75) is 61.4 Å². The van der Waals surface area contributed by atoms with Gasteiger partial charge in [-0.15, -0.1) is 0 Å². The second-order valence-corrected chi connectivity index (χ2v) is 12.6. The standard InChI is InChI=1S/C25H24O11S/c26-17-11-5-10-6-12(17)9-25(7-10,8-11)24(29)36-21-19-15(16-18(34-19)20(21)35-23(16)28)22(27)33-13-1-3-14(4-2-13)37(30,31)32/h1-4,10-12,15-16,18-21H,5-9H2,(H,30,31,32)/p-1. The van der Waals surface area contributed by atoms with Crippen molar-refractivity contribution in [3.63, 3.8) is 0 Å². The van der Waals surface area contributed by atoms with Crippen LogP contribution < -0.4 is 4.74 Å². The summed E-state index contributed by atoms with van der Waals surface area (Å²) in [4.78, 5) is 51.4. The van der Waals surface area contributed by atoms with Crippen LogP contribution in [0.15, 0.2) is 29.2 Å². The summed E-state index contributed by atoms with van der Waals surface area (Å²) in [5.74, 6) is -3.55. The largest absolute Gasteiger partial charge is 0.744 e. The molecule has 37 heavy (non-hydrogen) atoms. The minimum Gasteiger partial charge on any atom is -0.744 e. The van der Waals surface area contributed by atoms with Crippen LogP contribution in [0, 0.1) is 35.0 Å². The van der Waals surface area contributed by atoms with Gasteiger partial charge < -0.3 is 23.5 Å². The van der Waals surface area contributed by atoms with Crippen LogP contribution in [0.2, 0.25) is 0 Å². The van der Waals surface area contributed by atoms with Crippen molar-refractivity contribution in [2.24, 2.45) is 35.0 Å². The van der Waals surface area contributed by atoms with Crippen LogP contribution in [0.1, 0.15) is 32.1 Å². The Hall–Kier alpha value is -2.83. The van der Waals surface area contributed by atoms with Crippen LogP contribution in [0.4, 0.5) is 0 Å². The third-order valence-electron chi connectivity index (χ3n) is 9.18. The van der Waals surface area contributed by atoms with E-state index in [1.54, 1.807) is 0 Å². The first-order valence-corrected chi connectivity index (χ1v) is 13.8. The molecule has 11 nitrogen and oxygen atoms in total. The maximum Gasteiger partial charge on any atom is 0.318 e. The van der Waals surface area contributed by atoms with E-state index in [9.17, 15) is 32.1 Å². The maximum absolute atomic E-state index is 13.6. The Labute approximate surface area is 211 Å². The third-order valence-corrected chi connectivity index (χ3v) is 10.0. The Morgan fingerprint density at radius 1 is 0.973 bits per heavy atom. The van der Waals surface area contributed by atoms with E-state index in [0.29, 0.717) is 25.2 Å². The number of fused-ring (bicyclic) bond motifs is 1. The molecule has 0 spiro atoms. The lowest BCUT2D eigenvalue weighted by molar-refractivity contribution is -0.186. The Kier molecular flexibility index (Phi) is 4.79. The number of esters is 3. The van der Waals surface area contributed by atoms with E-state index in [2.05, 4.69) is 0 Å². The molecule has 0 amide bonds. The maximum atomic E-state index is 13.6. The zero-order valence-electron chi connectivity index (χ0n) is 19.4. The lowest BCUT2D eigenvalue weighted by atomic mass is 9.49. The molecule has 7 aliphatic rings. The zero-order chi connectivity index (χ0) is 25.9. The van der Waals surface area contributed by atoms with Gasteiger partial charge in [0.2, 0.25) is 0 Å². The van der Waals surface area contributed by atoms with Crippen molar-refractivity contribution in [1.29, 1.82) is 0 Å². The lowest BCUT2D eigenvalue weighted by Gasteiger charge is -2.54. The molecular formula is C25H23O11S-. The number of hydrogen-bond acceptors (Lipinski definition) is 11. The van der Waals surface area contributed by atoms with E-state index in [1.165, 1.54) is 12.1 Å². The van der Waals surface area contributed by atoms with Crippen molar-refractivity contribution >= 4 is 33.8 Å². The first-order valence-electron chi connectivity index (χ1n) is 12.4. The van der Waals surface area contributed by atoms with Crippen LogP contribution >= 0.6 is 0 Å². The molecule has 8 rings (SSSR count). The molecule has 8 unspecified atom stereocenters. The minimum atomic E-state index is -4.66. The molecule has 1 aromatic rings. The topological polar surface area (TPSA) is 162 Å². The number of ketones is 1. The monoisotopic (exact) mass is 531 g/mol. The smallest absolute Gasteiger partial charge is 0.318 e. The molecule has 6 bridgehead atoms. The quantitative estimate of drug-likeness (QED) is 0.299. The van der Waals surface area contributed by atoms with Gasteiger partial charge in [0.15, 0.2) is 12.2 Å². The zero-order valence-corrected chi connectivity index (χ0v) is 20.3. The number of Topliss-reactive ketones (excluding diaryl/α,β-unsaturated/α-hetero) is 1. The average molecular weight is 532 g/mol. The minimum absolute atomic E-state index is 0.0186. The lowest BCUT2D eigenvalue weighted by Crippen LogP contribution is -2.56. The van der Waals surface area contributed by atoms with Gasteiger partial charge in [0.05, 0.1) is 10.3 Å². The molecule has 3 aliphatic heterocycles. The molecule has 3 heterocycles. The predicted molar refractivity (Wildman–Crippen MR) is 116 cm³/mol. The van der Waals surface area contributed by atoms with Crippen LogP contribution in [0.25, 0.3) is 0 Å². The average Bonchev–Trinajstić information content (AvgIpc) is 3.45. The fourth-order valence-corrected chi connectivity index (χ4v) is 8.31. The van der Waals surface area contributed by atoms with Gasteiger partial charge >= 0.3 is 17.9 Å². The van der Waals surface area contributed by atoms with E-state index in [4.69, 9.17) is 18.9 Å². The van der Waals surface area contributed by atoms with Crippen LogP contribution in [0.3, 0.4) is 0 Å². The summed E-state index contributed by atoms with van der Waals surface area (Å²) in [6, 6.07) is 4.36. The highest BCUT2D eigenvalue weighted by molar-refractivity contribution is 7.85. The molecule has 0 N–H and O–H groups in total. The van der Waals surface area contributed by atoms with Gasteiger partial charge in [-0.2, -0.15) is 0 Å². The summed E-state index contributed by atoms with van der Waals surface area (Å²) < 4.78 is 56.1. The summed E-state index contributed by atoms with van der Waals surface area (Å²) in [6.45, 7) is 0. The molecule has 196 valence electrons. The first kappa shape index (κ1) is 23.3. The molecule has 12 heteroatoms. The first-order chi connectivity index (χ1) is 17.5. The summed E-state index contributed by atoms with van der Waals surface area (Å²) in [5, 5.41) is 0. The van der Waals surface area contributed by atoms with Crippen molar-refractivity contribution in [3.8, 4) is 5.75 Å². The number of carbonyl (C=O) groups is 4. The highest BCUT2D eigenvalue weighted by Crippen LogP contribution is 2.60. The van der Waals surface area contributed by atoms with Crippen molar-refractivity contribution in [2.75, 3.05) is 0 Å². The SMILES string of the molecule is O=C1C2CC3CC1CC(C(=O)OC1C4OC(=O)C5C4OC1C5C(=O)Oc1ccc(S(=O)(=O)[O-])cc1)(C3)C2. The van der Waals surface area contributed by atoms with Gasteiger partial charge in [0, 0.05) is 11.8 Å². The fraction of sp³-hybridized carbons (Fsp3) is 0.600. The van der Waals surface area contributed by atoms with E-state index in [1.807, 2.05) is 0 Å². The van der Waals surface area contributed by atoms with Crippen LogP contribution in [-0.2, 0) is 43.5 Å². The Balaban J connectivity index is 1.11. The summed E-state index contributed by atoms with van der Waals surface area (Å²) >= 11 is 0. The van der Waals surface area contributed by atoms with Gasteiger partial charge in [-0.25, -0.2) is 8.42 Å². The normalized spacial score (nSPS) is 42.7. The molecule has 4 aliphatic carbocycles. The highest BCUT2D eigenvalue weighted by atomic mass is 32.2. The highest BCUT2D eigenvalue weighted by Gasteiger charge is 2.72. The van der Waals surface area contributed by atoms with Gasteiger partial charge in [-0.05, 0) is 62.3 Å². The molecule has 0 radical (unpaired) electrons. The molecule has 3 saturated heterocycles. The van der Waals surface area contributed by atoms with Gasteiger partial charge in [-0.1, -0.05) is 0 Å². The second kappa shape index (κ2) is 7.61. The number of hydrogen-bond donors (Lipinski definition) is 0. The van der Waals surface area contributed by atoms with Gasteiger partial charge in [0.1, 0.15) is 45.7 Å². The Morgan fingerprint density at radius 3 is 2.30 bits per heavy atom. The predicted octanol–water partition coefficient (Wildman–Crippen LogP) is 0.742. The van der Waals surface area contributed by atoms with Gasteiger partial charge in [0.25, 0.3) is 0 Å². The van der Waals surface area contributed by atoms with Crippen molar-refractivity contribution in [1.82, 2.24) is 0 Å². The van der Waals surface area contributed by atoms with E-state index >= 15 is 0 Å². The molecule has 7 fully saturated rings. The summed E-state index contributed by atoms with van der Waals surface area (Å²) in [6.07, 6.45) is -0.250. The Morgan fingerprint density at radius 2 is 1.65 bits per heavy atom. The molecule has 8 atom stereocenters. The van der Waals surface area contributed by atoms with Crippen molar-refractivity contribution in [3.05, 3.63) is 24.3 Å². The second-order valence-electron chi connectivity index (χ2n) is 11.3. The van der Waals surface area contributed by atoms with Crippen molar-refractivity contribution < 1.29 is 51.1 Å². The molecule has 0 aromatic heterocycles. The molecule has 4 saturated carbocycles. The molecular weight excluding hydrogens is 508 g/mol. The van der Waals surface area contributed by atoms with Crippen LogP contribution in [-0.4, -0.2) is 61.1 Å². The van der Waals surface area contributed by atoms with E-state index in [-0.39, 0.29) is 23.4 Å². The van der Waals surface area contributed by atoms with Crippen LogP contribution in [0.5, 0.6) is 5.75 Å². The van der Waals surface area contributed by atoms with E-state index < -0.39 is 74.6 Å². The number of carbonyl (C=O) groups excluding carboxylic acids is 4. The van der Waals surface area contributed by atoms with Gasteiger partial charge in [-0.3, -0.25) is 19.2 Å². The van der Waals surface area contributed by atoms with E-state index in [0.717, 1.165) is 25.0 Å². The number of rotatable bonds is 5. The number of benzene rings is 1. The fourth-order valence-electron chi connectivity index (χ4n) is 7.84. The Bertz CT molecular complexity index is 1320. The summed E-state index contributed by atoms with van der Waals surface area (Å²) in [5.41, 5.74) is -0.742.